The van der Waals surface area contributed by atoms with Gasteiger partial charge >= 0.3 is 11.9 Å². The van der Waals surface area contributed by atoms with Crippen molar-refractivity contribution in [3.63, 3.8) is 0 Å². The van der Waals surface area contributed by atoms with E-state index in [0.717, 1.165) is 24.1 Å². The summed E-state index contributed by atoms with van der Waals surface area (Å²) in [4.78, 5) is 30.0. The summed E-state index contributed by atoms with van der Waals surface area (Å²) in [5.74, 6) is 0. The topological polar surface area (TPSA) is 70.1 Å². The van der Waals surface area contributed by atoms with Gasteiger partial charge in [-0.2, -0.15) is 17.8 Å². The molecule has 1 heterocycles. The van der Waals surface area contributed by atoms with Crippen LogP contribution in [-0.2, 0) is 6.18 Å². The smallest absolute Gasteiger partial charge is 0.377 e. The molecule has 0 spiro atoms. The van der Waals surface area contributed by atoms with Crippen LogP contribution in [0.15, 0.2) is 21.7 Å². The van der Waals surface area contributed by atoms with Crippen LogP contribution >= 0.6 is 11.9 Å². The van der Waals surface area contributed by atoms with Gasteiger partial charge in [-0.25, -0.2) is 4.79 Å². The maximum atomic E-state index is 13.1. The molecule has 2 aromatic rings. The molecule has 0 aliphatic rings. The molecule has 2 rings (SSSR count). The summed E-state index contributed by atoms with van der Waals surface area (Å²) in [7, 11) is 2.89. The number of aromatic nitrogens is 2. The average molecular weight is 334 g/mol. The number of H-pyrrole nitrogens is 1. The van der Waals surface area contributed by atoms with Crippen LogP contribution in [0.3, 0.4) is 0 Å². The number of hydrogen-bond donors (Lipinski definition) is 2. The molecule has 0 saturated carbocycles. The standard InChI is InChI=1S/C12H13F3N4O2S/c1-18(2)9-4-6-8(5-7(9)12(13,14)15)16-11(21)19(10(6)20)17-22-3/h4-5,17H,1-3H3,(H,16,21). The SMILES string of the molecule is CSNn1c(=O)[nH]c2cc(C(F)(F)F)c(N(C)C)cc2c1=O. The van der Waals surface area contributed by atoms with Crippen molar-refractivity contribution >= 4 is 28.5 Å². The van der Waals surface area contributed by atoms with Gasteiger partial charge in [0.25, 0.3) is 5.56 Å². The fourth-order valence-corrected chi connectivity index (χ4v) is 2.37. The minimum atomic E-state index is -4.60. The van der Waals surface area contributed by atoms with Gasteiger partial charge in [-0.1, -0.05) is 0 Å². The molecule has 0 bridgehead atoms. The molecule has 22 heavy (non-hydrogen) atoms. The maximum Gasteiger partial charge on any atom is 0.418 e. The Morgan fingerprint density at radius 3 is 2.41 bits per heavy atom. The lowest BCUT2D eigenvalue weighted by Crippen LogP contribution is -2.39. The zero-order chi connectivity index (χ0) is 16.7. The Kier molecular flexibility index (Phi) is 4.14. The molecule has 0 unspecified atom stereocenters. The van der Waals surface area contributed by atoms with Crippen LogP contribution in [0.2, 0.25) is 0 Å². The normalized spacial score (nSPS) is 11.7. The minimum absolute atomic E-state index is 0.0159. The minimum Gasteiger partial charge on any atom is -0.377 e. The second-order valence-electron chi connectivity index (χ2n) is 4.67. The van der Waals surface area contributed by atoms with Crippen LogP contribution in [0.4, 0.5) is 18.9 Å². The van der Waals surface area contributed by atoms with Gasteiger partial charge in [0.05, 0.1) is 16.5 Å². The molecule has 0 aliphatic carbocycles. The zero-order valence-corrected chi connectivity index (χ0v) is 12.7. The molecule has 0 fully saturated rings. The molecule has 1 aromatic heterocycles. The fraction of sp³-hybridized carbons (Fsp3) is 0.333. The Balaban J connectivity index is 2.89. The number of benzene rings is 1. The molecule has 0 amide bonds. The second kappa shape index (κ2) is 5.59. The Labute approximate surface area is 127 Å². The Hall–Kier alpha value is -2.10. The first-order chi connectivity index (χ1) is 10.2. The predicted octanol–water partition coefficient (Wildman–Crippen LogP) is 1.60. The van der Waals surface area contributed by atoms with Crippen LogP contribution in [-0.4, -0.2) is 30.0 Å². The number of anilines is 1. The van der Waals surface area contributed by atoms with Crippen molar-refractivity contribution in [2.45, 2.75) is 6.18 Å². The van der Waals surface area contributed by atoms with Crippen molar-refractivity contribution in [2.24, 2.45) is 0 Å². The van der Waals surface area contributed by atoms with Gasteiger partial charge in [-0.15, -0.1) is 0 Å². The highest BCUT2D eigenvalue weighted by Crippen LogP contribution is 2.37. The number of aromatic amines is 1. The number of nitrogens with zero attached hydrogens (tertiary/aromatic N) is 2. The van der Waals surface area contributed by atoms with E-state index < -0.39 is 23.0 Å². The number of halogens is 3. The molecule has 0 atom stereocenters. The monoisotopic (exact) mass is 334 g/mol. The maximum absolute atomic E-state index is 13.1. The first-order valence-electron chi connectivity index (χ1n) is 6.03. The molecular formula is C12H13F3N4O2S. The van der Waals surface area contributed by atoms with E-state index in [4.69, 9.17) is 0 Å². The van der Waals surface area contributed by atoms with E-state index in [-0.39, 0.29) is 16.6 Å². The Bertz CT molecular complexity index is 826. The van der Waals surface area contributed by atoms with Crippen LogP contribution in [0.25, 0.3) is 10.9 Å². The lowest BCUT2D eigenvalue weighted by molar-refractivity contribution is -0.137. The van der Waals surface area contributed by atoms with E-state index in [1.165, 1.54) is 19.0 Å². The molecule has 6 nitrogen and oxygen atoms in total. The highest BCUT2D eigenvalue weighted by Gasteiger charge is 2.35. The number of nitrogens with one attached hydrogen (secondary N) is 2. The second-order valence-corrected chi connectivity index (χ2v) is 5.26. The van der Waals surface area contributed by atoms with Crippen molar-refractivity contribution in [3.05, 3.63) is 38.5 Å². The summed E-state index contributed by atoms with van der Waals surface area (Å²) in [6, 6.07) is 1.89. The molecule has 1 aromatic carbocycles. The van der Waals surface area contributed by atoms with Crippen molar-refractivity contribution in [1.82, 2.24) is 9.66 Å². The van der Waals surface area contributed by atoms with Crippen molar-refractivity contribution in [1.29, 1.82) is 0 Å². The zero-order valence-electron chi connectivity index (χ0n) is 11.9. The van der Waals surface area contributed by atoms with Gasteiger partial charge in [-0.05, 0) is 24.1 Å². The molecule has 0 aliphatic heterocycles. The van der Waals surface area contributed by atoms with Crippen LogP contribution in [0.1, 0.15) is 5.56 Å². The number of alkyl halides is 3. The highest BCUT2D eigenvalue weighted by molar-refractivity contribution is 7.99. The third kappa shape index (κ3) is 2.78. The quantitative estimate of drug-likeness (QED) is 0.835. The number of hydrogen-bond acceptors (Lipinski definition) is 5. The lowest BCUT2D eigenvalue weighted by atomic mass is 10.1. The van der Waals surface area contributed by atoms with E-state index in [0.29, 0.717) is 4.68 Å². The number of fused-ring (bicyclic) bond motifs is 1. The van der Waals surface area contributed by atoms with Gasteiger partial charge < -0.3 is 9.88 Å². The first-order valence-corrected chi connectivity index (χ1v) is 7.26. The fourth-order valence-electron chi connectivity index (χ4n) is 2.02. The third-order valence-electron chi connectivity index (χ3n) is 2.98. The summed E-state index contributed by atoms with van der Waals surface area (Å²) in [6.07, 6.45) is -2.99. The molecule has 0 saturated heterocycles. The number of rotatable bonds is 3. The predicted molar refractivity (Wildman–Crippen MR) is 81.0 cm³/mol. The summed E-state index contributed by atoms with van der Waals surface area (Å²) in [6.45, 7) is 0. The van der Waals surface area contributed by atoms with Crippen molar-refractivity contribution in [2.75, 3.05) is 30.1 Å². The third-order valence-corrected chi connectivity index (χ3v) is 3.35. The average Bonchev–Trinajstić information content (AvgIpc) is 2.41. The van der Waals surface area contributed by atoms with Gasteiger partial charge in [0.2, 0.25) is 0 Å². The van der Waals surface area contributed by atoms with Crippen molar-refractivity contribution < 1.29 is 13.2 Å². The Morgan fingerprint density at radius 2 is 1.91 bits per heavy atom. The summed E-state index contributed by atoms with van der Waals surface area (Å²) >= 11 is 1.01. The largest absolute Gasteiger partial charge is 0.418 e. The summed E-state index contributed by atoms with van der Waals surface area (Å²) in [5.41, 5.74) is -2.79. The molecule has 0 radical (unpaired) electrons. The molecule has 2 N–H and O–H groups in total. The summed E-state index contributed by atoms with van der Waals surface area (Å²) in [5, 5.41) is -0.0159. The first kappa shape index (κ1) is 16.3. The van der Waals surface area contributed by atoms with E-state index in [2.05, 4.69) is 9.82 Å². The van der Waals surface area contributed by atoms with E-state index in [1.807, 2.05) is 0 Å². The van der Waals surface area contributed by atoms with Gasteiger partial charge in [0.15, 0.2) is 0 Å². The van der Waals surface area contributed by atoms with Crippen LogP contribution in [0, 0.1) is 0 Å². The summed E-state index contributed by atoms with van der Waals surface area (Å²) < 4.78 is 40.1. The van der Waals surface area contributed by atoms with Gasteiger partial charge in [-0.3, -0.25) is 9.63 Å². The molecular weight excluding hydrogens is 321 g/mol. The van der Waals surface area contributed by atoms with E-state index in [1.54, 1.807) is 6.26 Å². The Morgan fingerprint density at radius 1 is 1.27 bits per heavy atom. The van der Waals surface area contributed by atoms with Gasteiger partial charge in [0.1, 0.15) is 0 Å². The van der Waals surface area contributed by atoms with E-state index in [9.17, 15) is 22.8 Å². The molecule has 120 valence electrons. The van der Waals surface area contributed by atoms with Crippen molar-refractivity contribution in [3.8, 4) is 0 Å². The molecule has 10 heteroatoms. The highest BCUT2D eigenvalue weighted by atomic mass is 32.2. The van der Waals surface area contributed by atoms with Gasteiger partial charge in [0, 0.05) is 26.0 Å². The van der Waals surface area contributed by atoms with Crippen LogP contribution in [0.5, 0.6) is 0 Å². The van der Waals surface area contributed by atoms with Crippen LogP contribution < -0.4 is 21.0 Å². The lowest BCUT2D eigenvalue weighted by Gasteiger charge is -2.20. The van der Waals surface area contributed by atoms with E-state index >= 15 is 0 Å².